The molecule has 0 aliphatic carbocycles. The van der Waals surface area contributed by atoms with Crippen LogP contribution in [-0.4, -0.2) is 20.5 Å². The van der Waals surface area contributed by atoms with Gasteiger partial charge in [-0.3, -0.25) is 4.98 Å². The van der Waals surface area contributed by atoms with Gasteiger partial charge in [0.1, 0.15) is 10.6 Å². The van der Waals surface area contributed by atoms with E-state index in [9.17, 15) is 30.4 Å². The van der Waals surface area contributed by atoms with Crippen molar-refractivity contribution in [3.8, 4) is 22.8 Å². The van der Waals surface area contributed by atoms with Crippen molar-refractivity contribution in [3.63, 3.8) is 0 Å². The number of pyridine rings is 1. The van der Waals surface area contributed by atoms with Crippen LogP contribution in [0.5, 0.6) is 11.5 Å². The highest BCUT2D eigenvalue weighted by atomic mass is 79.9. The molecule has 4 aromatic rings. The lowest BCUT2D eigenvalue weighted by Crippen LogP contribution is -2.14. The van der Waals surface area contributed by atoms with Crippen molar-refractivity contribution in [2.75, 3.05) is 7.11 Å². The molecule has 1 aromatic heterocycles. The van der Waals surface area contributed by atoms with Crippen LogP contribution in [0.4, 0.5) is 22.0 Å². The van der Waals surface area contributed by atoms with Crippen LogP contribution >= 0.6 is 27.5 Å². The predicted octanol–water partition coefficient (Wildman–Crippen LogP) is 6.79. The molecule has 0 fully saturated rings. The normalized spacial score (nSPS) is 11.7. The van der Waals surface area contributed by atoms with Gasteiger partial charge < -0.3 is 8.92 Å². The molecule has 0 amide bonds. The van der Waals surface area contributed by atoms with Gasteiger partial charge in [0.05, 0.1) is 17.8 Å². The molecule has 0 saturated carbocycles. The molecule has 182 valence electrons. The highest BCUT2D eigenvalue weighted by Gasteiger charge is 2.31. The van der Waals surface area contributed by atoms with Gasteiger partial charge in [0.25, 0.3) is 0 Å². The van der Waals surface area contributed by atoms with E-state index >= 15 is 0 Å². The molecule has 13 heteroatoms. The van der Waals surface area contributed by atoms with Crippen LogP contribution in [0.1, 0.15) is 0 Å². The van der Waals surface area contributed by atoms with Crippen molar-refractivity contribution in [1.82, 2.24) is 4.98 Å². The summed E-state index contributed by atoms with van der Waals surface area (Å²) in [5.41, 5.74) is 0.859. The number of fused-ring (bicyclic) bond motifs is 1. The lowest BCUT2D eigenvalue weighted by molar-refractivity contribution is 0.346. The second kappa shape index (κ2) is 9.25. The van der Waals surface area contributed by atoms with Crippen LogP contribution < -0.4 is 8.92 Å². The molecular weight excluding hydrogens is 585 g/mol. The van der Waals surface area contributed by atoms with Crippen molar-refractivity contribution in [2.24, 2.45) is 0 Å². The molecule has 0 aliphatic rings. The summed E-state index contributed by atoms with van der Waals surface area (Å²) in [6.45, 7) is 0. The Morgan fingerprint density at radius 1 is 0.914 bits per heavy atom. The number of ether oxygens (including phenoxy) is 1. The summed E-state index contributed by atoms with van der Waals surface area (Å²) >= 11 is 9.49. The molecule has 0 aliphatic heterocycles. The van der Waals surface area contributed by atoms with Crippen molar-refractivity contribution in [3.05, 3.63) is 81.2 Å². The number of benzene rings is 3. The van der Waals surface area contributed by atoms with Gasteiger partial charge in [0.15, 0.2) is 0 Å². The second-order valence-electron chi connectivity index (χ2n) is 6.95. The van der Waals surface area contributed by atoms with Crippen LogP contribution in [0.25, 0.3) is 22.0 Å². The van der Waals surface area contributed by atoms with Crippen LogP contribution in [0.15, 0.2) is 52.0 Å². The standard InChI is InChI=1S/C22H10BrClF5NO4S/c1-33-15-8-13(23)14(24)7-12(15)21-11-3-2-10(6-9(11)4-5-30-21)35(31,32)34-22-19(28)17(26)16(25)18(27)20(22)29/h2-8H,1H3. The van der Waals surface area contributed by atoms with Gasteiger partial charge in [-0.2, -0.15) is 17.2 Å². The summed E-state index contributed by atoms with van der Waals surface area (Å²) in [5.74, 6) is -13.5. The maximum Gasteiger partial charge on any atom is 0.339 e. The molecule has 0 spiro atoms. The third-order valence-electron chi connectivity index (χ3n) is 4.88. The Morgan fingerprint density at radius 3 is 2.17 bits per heavy atom. The van der Waals surface area contributed by atoms with Gasteiger partial charge in [-0.25, -0.2) is 13.2 Å². The lowest BCUT2D eigenvalue weighted by atomic mass is 10.0. The largest absolute Gasteiger partial charge is 0.496 e. The quantitative estimate of drug-likeness (QED) is 0.110. The molecule has 0 saturated heterocycles. The molecule has 0 unspecified atom stereocenters. The van der Waals surface area contributed by atoms with E-state index in [1.54, 1.807) is 12.1 Å². The molecule has 0 bridgehead atoms. The zero-order valence-corrected chi connectivity index (χ0v) is 20.3. The Kier molecular flexibility index (Phi) is 6.64. The first-order chi connectivity index (χ1) is 16.5. The van der Waals surface area contributed by atoms with Crippen molar-refractivity contribution in [1.29, 1.82) is 0 Å². The Balaban J connectivity index is 1.82. The first kappa shape index (κ1) is 25.1. The van der Waals surface area contributed by atoms with Gasteiger partial charge in [-0.1, -0.05) is 17.7 Å². The van der Waals surface area contributed by atoms with Crippen molar-refractivity contribution in [2.45, 2.75) is 4.90 Å². The number of rotatable bonds is 5. The molecule has 3 aromatic carbocycles. The van der Waals surface area contributed by atoms with E-state index in [1.165, 1.54) is 25.4 Å². The topological polar surface area (TPSA) is 65.5 Å². The van der Waals surface area contributed by atoms with Gasteiger partial charge in [-0.05, 0) is 51.6 Å². The SMILES string of the molecule is COc1cc(Br)c(Cl)cc1-c1nccc2cc(S(=O)(=O)Oc3c(F)c(F)c(F)c(F)c3F)ccc12. The number of hydrogen-bond donors (Lipinski definition) is 0. The van der Waals surface area contributed by atoms with Crippen LogP contribution in [-0.2, 0) is 10.1 Å². The predicted molar refractivity (Wildman–Crippen MR) is 120 cm³/mol. The Morgan fingerprint density at radius 2 is 1.54 bits per heavy atom. The van der Waals surface area contributed by atoms with E-state index in [2.05, 4.69) is 25.1 Å². The minimum Gasteiger partial charge on any atom is -0.496 e. The monoisotopic (exact) mass is 593 g/mol. The Bertz CT molecular complexity index is 1590. The molecule has 35 heavy (non-hydrogen) atoms. The first-order valence-electron chi connectivity index (χ1n) is 9.34. The van der Waals surface area contributed by atoms with Crippen LogP contribution in [0.3, 0.4) is 0 Å². The van der Waals surface area contributed by atoms with E-state index in [4.69, 9.17) is 16.3 Å². The molecular formula is C22H10BrClF5NO4S. The molecule has 5 nitrogen and oxygen atoms in total. The van der Waals surface area contributed by atoms with E-state index in [1.807, 2.05) is 0 Å². The zero-order valence-electron chi connectivity index (χ0n) is 17.2. The molecule has 1 heterocycles. The van der Waals surface area contributed by atoms with E-state index in [0.717, 1.165) is 12.1 Å². The highest BCUT2D eigenvalue weighted by molar-refractivity contribution is 9.10. The molecule has 4 rings (SSSR count). The number of aromatic nitrogens is 1. The number of hydrogen-bond acceptors (Lipinski definition) is 5. The maximum atomic E-state index is 13.9. The fraction of sp³-hybridized carbons (Fsp3) is 0.0455. The minimum absolute atomic E-state index is 0.304. The Hall–Kier alpha value is -2.96. The first-order valence-corrected chi connectivity index (χ1v) is 11.9. The summed E-state index contributed by atoms with van der Waals surface area (Å²) in [6.07, 6.45) is 1.37. The summed E-state index contributed by atoms with van der Waals surface area (Å²) < 4.78 is 104. The lowest BCUT2D eigenvalue weighted by Gasteiger charge is -2.13. The third kappa shape index (κ3) is 4.41. The number of nitrogens with zero attached hydrogens (tertiary/aromatic N) is 1. The van der Waals surface area contributed by atoms with Gasteiger partial charge >= 0.3 is 10.1 Å². The fourth-order valence-electron chi connectivity index (χ4n) is 3.22. The number of halogens is 7. The van der Waals surface area contributed by atoms with E-state index < -0.39 is 49.8 Å². The summed E-state index contributed by atoms with van der Waals surface area (Å²) in [5, 5.41) is 1.10. The average molecular weight is 595 g/mol. The van der Waals surface area contributed by atoms with Gasteiger partial charge in [0.2, 0.25) is 34.8 Å². The van der Waals surface area contributed by atoms with Crippen LogP contribution in [0, 0.1) is 29.1 Å². The van der Waals surface area contributed by atoms with Crippen molar-refractivity contribution >= 4 is 48.4 Å². The van der Waals surface area contributed by atoms with E-state index in [0.29, 0.717) is 37.3 Å². The minimum atomic E-state index is -5.01. The second-order valence-corrected chi connectivity index (χ2v) is 9.75. The summed E-state index contributed by atoms with van der Waals surface area (Å²) in [4.78, 5) is 3.71. The van der Waals surface area contributed by atoms with Crippen molar-refractivity contribution < 1.29 is 39.3 Å². The highest BCUT2D eigenvalue weighted by Crippen LogP contribution is 2.39. The summed E-state index contributed by atoms with van der Waals surface area (Å²) in [6, 6.07) is 8.11. The van der Waals surface area contributed by atoms with Crippen LogP contribution in [0.2, 0.25) is 5.02 Å². The van der Waals surface area contributed by atoms with E-state index in [-0.39, 0.29) is 0 Å². The zero-order chi connectivity index (χ0) is 25.7. The molecule has 0 N–H and O–H groups in total. The number of methoxy groups -OCH3 is 1. The smallest absolute Gasteiger partial charge is 0.339 e. The fourth-order valence-corrected chi connectivity index (χ4v) is 4.68. The average Bonchev–Trinajstić information content (AvgIpc) is 2.84. The maximum absolute atomic E-state index is 13.9. The van der Waals surface area contributed by atoms with Gasteiger partial charge in [0, 0.05) is 21.6 Å². The molecule has 0 radical (unpaired) electrons. The summed E-state index contributed by atoms with van der Waals surface area (Å²) in [7, 11) is -3.57. The third-order valence-corrected chi connectivity index (χ3v) is 7.30. The molecule has 0 atom stereocenters. The van der Waals surface area contributed by atoms with Gasteiger partial charge in [-0.15, -0.1) is 0 Å². The Labute approximate surface area is 208 Å².